The van der Waals surface area contributed by atoms with Crippen molar-refractivity contribution in [3.8, 4) is 5.75 Å². The maximum absolute atomic E-state index is 9.89. The number of anilines is 2. The molecule has 7 nitrogen and oxygen atoms in total. The number of phenols is 1. The molecule has 3 aromatic rings. The molecule has 0 bridgehead atoms. The number of aryl methyl sites for hydroxylation is 2. The number of aromatic nitrogens is 4. The van der Waals surface area contributed by atoms with Crippen molar-refractivity contribution in [1.82, 2.24) is 19.5 Å². The lowest BCUT2D eigenvalue weighted by molar-refractivity contribution is 0.0699. The van der Waals surface area contributed by atoms with Gasteiger partial charge in [0.2, 0.25) is 5.95 Å². The van der Waals surface area contributed by atoms with Gasteiger partial charge in [-0.05, 0) is 38.3 Å². The number of rotatable bonds is 4. The second kappa shape index (κ2) is 7.00. The first-order valence-corrected chi connectivity index (χ1v) is 9.09. The van der Waals surface area contributed by atoms with Crippen LogP contribution < -0.4 is 4.90 Å². The zero-order valence-electron chi connectivity index (χ0n) is 15.6. The van der Waals surface area contributed by atoms with Crippen LogP contribution in [0.25, 0.3) is 11.2 Å². The lowest BCUT2D eigenvalue weighted by atomic mass is 10.1. The largest absolute Gasteiger partial charge is 0.508 e. The highest BCUT2D eigenvalue weighted by atomic mass is 16.5. The first kappa shape index (κ1) is 17.5. The van der Waals surface area contributed by atoms with E-state index in [1.165, 1.54) is 0 Å². The van der Waals surface area contributed by atoms with Gasteiger partial charge in [0.05, 0.1) is 11.9 Å². The number of phenolic OH excluding ortho intramolecular Hbond substituents is 1. The van der Waals surface area contributed by atoms with Crippen LogP contribution in [0, 0.1) is 13.8 Å². The van der Waals surface area contributed by atoms with Crippen LogP contribution in [0.4, 0.5) is 11.6 Å². The standard InChI is InChI=1S/C20H23N5O2/c1-4-24(18-11-16(26)6-5-13(18)2)20-21-12-17-19(23-20)25(14(3)22-17)15-7-9-27-10-8-15/h4-6,11-12,15,26H,1,7-10H2,2-3H3. The van der Waals surface area contributed by atoms with Gasteiger partial charge in [0.15, 0.2) is 5.65 Å². The van der Waals surface area contributed by atoms with Crippen molar-refractivity contribution in [2.45, 2.75) is 32.7 Å². The van der Waals surface area contributed by atoms with Gasteiger partial charge < -0.3 is 14.4 Å². The number of aromatic hydroxyl groups is 1. The molecular formula is C20H23N5O2. The minimum Gasteiger partial charge on any atom is -0.508 e. The molecule has 4 rings (SSSR count). The van der Waals surface area contributed by atoms with Gasteiger partial charge in [-0.25, -0.2) is 9.97 Å². The van der Waals surface area contributed by atoms with Gasteiger partial charge in [-0.1, -0.05) is 12.6 Å². The molecule has 2 aromatic heterocycles. The fourth-order valence-electron chi connectivity index (χ4n) is 3.64. The Bertz CT molecular complexity index is 991. The summed E-state index contributed by atoms with van der Waals surface area (Å²) in [6.45, 7) is 9.39. The van der Waals surface area contributed by atoms with E-state index in [2.05, 4.69) is 21.1 Å². The molecule has 140 valence electrons. The smallest absolute Gasteiger partial charge is 0.236 e. The van der Waals surface area contributed by atoms with Gasteiger partial charge in [0.1, 0.15) is 17.1 Å². The summed E-state index contributed by atoms with van der Waals surface area (Å²) in [5.41, 5.74) is 3.37. The number of hydrogen-bond donors (Lipinski definition) is 1. The third-order valence-electron chi connectivity index (χ3n) is 5.00. The first-order valence-electron chi connectivity index (χ1n) is 9.09. The highest BCUT2D eigenvalue weighted by Gasteiger charge is 2.22. The molecule has 1 aromatic carbocycles. The normalized spacial score (nSPS) is 15.2. The Labute approximate surface area is 158 Å². The fraction of sp³-hybridized carbons (Fsp3) is 0.350. The monoisotopic (exact) mass is 365 g/mol. The molecule has 0 unspecified atom stereocenters. The van der Waals surface area contributed by atoms with Crippen molar-refractivity contribution in [3.05, 3.63) is 48.6 Å². The Morgan fingerprint density at radius 3 is 2.78 bits per heavy atom. The molecule has 1 saturated heterocycles. The van der Waals surface area contributed by atoms with E-state index in [1.54, 1.807) is 29.4 Å². The first-order chi connectivity index (χ1) is 13.1. The topological polar surface area (TPSA) is 76.3 Å². The van der Waals surface area contributed by atoms with Crippen LogP contribution >= 0.6 is 0 Å². The zero-order chi connectivity index (χ0) is 19.0. The van der Waals surface area contributed by atoms with E-state index in [4.69, 9.17) is 9.72 Å². The number of hydrogen-bond acceptors (Lipinski definition) is 6. The molecule has 0 aliphatic carbocycles. The van der Waals surface area contributed by atoms with Crippen molar-refractivity contribution < 1.29 is 9.84 Å². The molecule has 1 fully saturated rings. The van der Waals surface area contributed by atoms with E-state index in [9.17, 15) is 5.11 Å². The summed E-state index contributed by atoms with van der Waals surface area (Å²) in [7, 11) is 0. The maximum Gasteiger partial charge on any atom is 0.236 e. The number of nitrogens with zero attached hydrogens (tertiary/aromatic N) is 5. The lowest BCUT2D eigenvalue weighted by Crippen LogP contribution is -2.21. The van der Waals surface area contributed by atoms with E-state index in [1.807, 2.05) is 19.9 Å². The quantitative estimate of drug-likeness (QED) is 0.758. The summed E-state index contributed by atoms with van der Waals surface area (Å²) in [6, 6.07) is 5.53. The van der Waals surface area contributed by atoms with Crippen molar-refractivity contribution >= 4 is 22.8 Å². The lowest BCUT2D eigenvalue weighted by Gasteiger charge is -2.25. The number of imidazole rings is 1. The molecule has 0 saturated carbocycles. The van der Waals surface area contributed by atoms with Crippen LogP contribution in [0.3, 0.4) is 0 Å². The zero-order valence-corrected chi connectivity index (χ0v) is 15.6. The minimum atomic E-state index is 0.187. The highest BCUT2D eigenvalue weighted by molar-refractivity contribution is 5.74. The Morgan fingerprint density at radius 2 is 2.04 bits per heavy atom. The number of benzene rings is 1. The van der Waals surface area contributed by atoms with Crippen molar-refractivity contribution in [2.24, 2.45) is 0 Å². The Hall–Kier alpha value is -2.93. The van der Waals surface area contributed by atoms with Crippen LogP contribution in [0.2, 0.25) is 0 Å². The van der Waals surface area contributed by atoms with Crippen molar-refractivity contribution in [2.75, 3.05) is 18.1 Å². The molecule has 0 amide bonds. The maximum atomic E-state index is 9.89. The summed E-state index contributed by atoms with van der Waals surface area (Å²) in [5.74, 6) is 1.62. The van der Waals surface area contributed by atoms with Crippen molar-refractivity contribution in [3.63, 3.8) is 0 Å². The Morgan fingerprint density at radius 1 is 1.26 bits per heavy atom. The third-order valence-corrected chi connectivity index (χ3v) is 5.00. The highest BCUT2D eigenvalue weighted by Crippen LogP contribution is 2.32. The molecular weight excluding hydrogens is 342 g/mol. The summed E-state index contributed by atoms with van der Waals surface area (Å²) >= 11 is 0. The van der Waals surface area contributed by atoms with Crippen LogP contribution in [0.5, 0.6) is 5.75 Å². The Kier molecular flexibility index (Phi) is 4.53. The number of fused-ring (bicyclic) bond motifs is 1. The van der Waals surface area contributed by atoms with Gasteiger partial charge in [-0.2, -0.15) is 4.98 Å². The predicted octanol–water partition coefficient (Wildman–Crippen LogP) is 3.78. The van der Waals surface area contributed by atoms with E-state index in [-0.39, 0.29) is 5.75 Å². The van der Waals surface area contributed by atoms with Crippen LogP contribution in [0.15, 0.2) is 37.2 Å². The van der Waals surface area contributed by atoms with Crippen LogP contribution in [-0.4, -0.2) is 37.8 Å². The summed E-state index contributed by atoms with van der Waals surface area (Å²) in [5, 5.41) is 9.89. The predicted molar refractivity (Wildman–Crippen MR) is 104 cm³/mol. The Balaban J connectivity index is 1.82. The van der Waals surface area contributed by atoms with E-state index >= 15 is 0 Å². The average molecular weight is 365 g/mol. The summed E-state index contributed by atoms with van der Waals surface area (Å²) in [6.07, 6.45) is 5.30. The van der Waals surface area contributed by atoms with Crippen LogP contribution in [0.1, 0.15) is 30.3 Å². The van der Waals surface area contributed by atoms with Gasteiger partial charge in [0, 0.05) is 31.5 Å². The molecule has 0 atom stereocenters. The molecule has 7 heteroatoms. The molecule has 27 heavy (non-hydrogen) atoms. The van der Waals surface area contributed by atoms with E-state index in [0.29, 0.717) is 12.0 Å². The SMILES string of the molecule is C=CN(c1ncc2nc(C)n(C3CCOCC3)c2n1)c1cc(O)ccc1C. The summed E-state index contributed by atoms with van der Waals surface area (Å²) < 4.78 is 7.69. The molecule has 1 N–H and O–H groups in total. The average Bonchev–Trinajstić information content (AvgIpc) is 3.01. The second-order valence-corrected chi connectivity index (χ2v) is 6.77. The molecule has 1 aliphatic rings. The van der Waals surface area contributed by atoms with Gasteiger partial charge >= 0.3 is 0 Å². The van der Waals surface area contributed by atoms with E-state index < -0.39 is 0 Å². The summed E-state index contributed by atoms with van der Waals surface area (Å²) in [4.78, 5) is 15.7. The van der Waals surface area contributed by atoms with E-state index in [0.717, 1.165) is 54.3 Å². The molecule has 0 radical (unpaired) electrons. The van der Waals surface area contributed by atoms with Crippen LogP contribution in [-0.2, 0) is 4.74 Å². The second-order valence-electron chi connectivity index (χ2n) is 6.77. The molecule has 3 heterocycles. The van der Waals surface area contributed by atoms with Gasteiger partial charge in [0.25, 0.3) is 0 Å². The number of ether oxygens (including phenoxy) is 1. The third kappa shape index (κ3) is 3.14. The minimum absolute atomic E-state index is 0.187. The van der Waals surface area contributed by atoms with Gasteiger partial charge in [-0.15, -0.1) is 0 Å². The molecule has 1 aliphatic heterocycles. The van der Waals surface area contributed by atoms with Gasteiger partial charge in [-0.3, -0.25) is 4.90 Å². The van der Waals surface area contributed by atoms with Crippen molar-refractivity contribution in [1.29, 1.82) is 0 Å². The fourth-order valence-corrected chi connectivity index (χ4v) is 3.64. The molecule has 0 spiro atoms.